The molecule has 0 bridgehead atoms. The highest BCUT2D eigenvalue weighted by Gasteiger charge is 2.27. The monoisotopic (exact) mass is 285 g/mol. The summed E-state index contributed by atoms with van der Waals surface area (Å²) < 4.78 is 5.43. The lowest BCUT2D eigenvalue weighted by Crippen LogP contribution is -2.42. The number of hydrogen-bond donors (Lipinski definition) is 1. The first kappa shape index (κ1) is 17.3. The molecule has 1 heterocycles. The van der Waals surface area contributed by atoms with Crippen molar-refractivity contribution in [2.75, 3.05) is 13.1 Å². The molecule has 0 aliphatic carbocycles. The van der Waals surface area contributed by atoms with Crippen LogP contribution in [0.4, 0.5) is 4.79 Å². The lowest BCUT2D eigenvalue weighted by atomic mass is 9.90. The van der Waals surface area contributed by atoms with E-state index in [2.05, 4.69) is 0 Å². The SMILES string of the molecule is CC(C)(O)CCCC1CCCN(C(=O)OC(C)(C)C)C1. The van der Waals surface area contributed by atoms with Gasteiger partial charge in [0.05, 0.1) is 5.60 Å². The maximum absolute atomic E-state index is 12.1. The van der Waals surface area contributed by atoms with Crippen LogP contribution in [0, 0.1) is 5.92 Å². The Balaban J connectivity index is 2.37. The molecule has 20 heavy (non-hydrogen) atoms. The zero-order chi connectivity index (χ0) is 15.4. The largest absolute Gasteiger partial charge is 0.444 e. The van der Waals surface area contributed by atoms with Crippen LogP contribution in [-0.4, -0.2) is 40.4 Å². The molecule has 1 saturated heterocycles. The number of nitrogens with zero attached hydrogens (tertiary/aromatic N) is 1. The average molecular weight is 285 g/mol. The molecule has 1 aliphatic rings. The maximum atomic E-state index is 12.1. The van der Waals surface area contributed by atoms with E-state index in [9.17, 15) is 9.90 Å². The van der Waals surface area contributed by atoms with Gasteiger partial charge >= 0.3 is 6.09 Å². The maximum Gasteiger partial charge on any atom is 0.410 e. The molecule has 1 N–H and O–H groups in total. The van der Waals surface area contributed by atoms with Crippen molar-refractivity contribution >= 4 is 6.09 Å². The van der Waals surface area contributed by atoms with E-state index in [0.29, 0.717) is 5.92 Å². The quantitative estimate of drug-likeness (QED) is 0.859. The van der Waals surface area contributed by atoms with E-state index in [1.54, 1.807) is 0 Å². The van der Waals surface area contributed by atoms with Crippen molar-refractivity contribution in [3.8, 4) is 0 Å². The van der Waals surface area contributed by atoms with E-state index in [1.807, 2.05) is 39.5 Å². The zero-order valence-corrected chi connectivity index (χ0v) is 13.7. The lowest BCUT2D eigenvalue weighted by molar-refractivity contribution is 0.0151. The van der Waals surface area contributed by atoms with Gasteiger partial charge in [0.1, 0.15) is 5.60 Å². The van der Waals surface area contributed by atoms with Crippen LogP contribution >= 0.6 is 0 Å². The number of ether oxygens (including phenoxy) is 1. The van der Waals surface area contributed by atoms with Gasteiger partial charge in [-0.2, -0.15) is 0 Å². The van der Waals surface area contributed by atoms with Gasteiger partial charge in [-0.25, -0.2) is 4.79 Å². The number of amides is 1. The van der Waals surface area contributed by atoms with Crippen LogP contribution in [0.25, 0.3) is 0 Å². The topological polar surface area (TPSA) is 49.8 Å². The highest BCUT2D eigenvalue weighted by atomic mass is 16.6. The van der Waals surface area contributed by atoms with Gasteiger partial charge in [0.15, 0.2) is 0 Å². The summed E-state index contributed by atoms with van der Waals surface area (Å²) >= 11 is 0. The minimum Gasteiger partial charge on any atom is -0.444 e. The summed E-state index contributed by atoms with van der Waals surface area (Å²) in [6.45, 7) is 11.0. The Labute approximate surface area is 123 Å². The van der Waals surface area contributed by atoms with Gasteiger partial charge in [-0.15, -0.1) is 0 Å². The smallest absolute Gasteiger partial charge is 0.410 e. The molecular weight excluding hydrogens is 254 g/mol. The first-order valence-corrected chi connectivity index (χ1v) is 7.77. The Morgan fingerprint density at radius 1 is 1.30 bits per heavy atom. The number of carbonyl (C=O) groups excluding carboxylic acids is 1. The second kappa shape index (κ2) is 6.79. The van der Waals surface area contributed by atoms with Gasteiger partial charge in [0, 0.05) is 13.1 Å². The van der Waals surface area contributed by atoms with Crippen molar-refractivity contribution in [1.82, 2.24) is 4.90 Å². The molecule has 0 radical (unpaired) electrons. The number of piperidine rings is 1. The van der Waals surface area contributed by atoms with Crippen molar-refractivity contribution in [2.24, 2.45) is 5.92 Å². The second-order valence-electron chi connectivity index (χ2n) is 7.64. The van der Waals surface area contributed by atoms with Crippen LogP contribution in [0.5, 0.6) is 0 Å². The standard InChI is InChI=1S/C16H31NO3/c1-15(2,3)20-14(18)17-11-7-9-13(12-17)8-6-10-16(4,5)19/h13,19H,6-12H2,1-5H3. The Hall–Kier alpha value is -0.770. The zero-order valence-electron chi connectivity index (χ0n) is 13.7. The highest BCUT2D eigenvalue weighted by molar-refractivity contribution is 5.68. The van der Waals surface area contributed by atoms with Crippen LogP contribution in [0.15, 0.2) is 0 Å². The summed E-state index contributed by atoms with van der Waals surface area (Å²) in [4.78, 5) is 13.9. The Kier molecular flexibility index (Phi) is 5.87. The molecule has 0 aromatic carbocycles. The molecule has 0 saturated carbocycles. The van der Waals surface area contributed by atoms with Crippen LogP contribution < -0.4 is 0 Å². The molecule has 0 aromatic rings. The molecule has 0 spiro atoms. The first-order chi connectivity index (χ1) is 9.07. The van der Waals surface area contributed by atoms with Gasteiger partial charge < -0.3 is 14.7 Å². The van der Waals surface area contributed by atoms with Crippen molar-refractivity contribution < 1.29 is 14.6 Å². The normalized spacial score (nSPS) is 20.9. The Morgan fingerprint density at radius 3 is 2.50 bits per heavy atom. The molecule has 0 aromatic heterocycles. The van der Waals surface area contributed by atoms with Gasteiger partial charge in [0.2, 0.25) is 0 Å². The van der Waals surface area contributed by atoms with Gasteiger partial charge in [0.25, 0.3) is 0 Å². The Bertz CT molecular complexity index is 315. The second-order valence-corrected chi connectivity index (χ2v) is 7.64. The number of rotatable bonds is 4. The van der Waals surface area contributed by atoms with E-state index in [0.717, 1.165) is 38.8 Å². The third kappa shape index (κ3) is 7.13. The number of likely N-dealkylation sites (tertiary alicyclic amines) is 1. The van der Waals surface area contributed by atoms with E-state index in [1.165, 1.54) is 6.42 Å². The first-order valence-electron chi connectivity index (χ1n) is 7.77. The van der Waals surface area contributed by atoms with E-state index < -0.39 is 11.2 Å². The number of hydrogen-bond acceptors (Lipinski definition) is 3. The molecule has 1 rings (SSSR count). The highest BCUT2D eigenvalue weighted by Crippen LogP contribution is 2.24. The summed E-state index contributed by atoms with van der Waals surface area (Å²) in [6.07, 6.45) is 4.93. The molecule has 4 heteroatoms. The summed E-state index contributed by atoms with van der Waals surface area (Å²) in [6, 6.07) is 0. The molecule has 4 nitrogen and oxygen atoms in total. The lowest BCUT2D eigenvalue weighted by Gasteiger charge is -2.34. The van der Waals surface area contributed by atoms with Crippen LogP contribution in [0.1, 0.15) is 66.7 Å². The fraction of sp³-hybridized carbons (Fsp3) is 0.938. The van der Waals surface area contributed by atoms with Gasteiger partial charge in [-0.05, 0) is 66.2 Å². The van der Waals surface area contributed by atoms with Crippen LogP contribution in [0.2, 0.25) is 0 Å². The summed E-state index contributed by atoms with van der Waals surface area (Å²) in [5.41, 5.74) is -1.01. The number of aliphatic hydroxyl groups is 1. The predicted octanol–water partition coefficient (Wildman–Crippen LogP) is 3.57. The van der Waals surface area contributed by atoms with Crippen molar-refractivity contribution in [1.29, 1.82) is 0 Å². The third-order valence-corrected chi connectivity index (χ3v) is 3.57. The van der Waals surface area contributed by atoms with Gasteiger partial charge in [-0.3, -0.25) is 0 Å². The van der Waals surface area contributed by atoms with Crippen LogP contribution in [0.3, 0.4) is 0 Å². The van der Waals surface area contributed by atoms with Crippen LogP contribution in [-0.2, 0) is 4.74 Å². The van der Waals surface area contributed by atoms with E-state index >= 15 is 0 Å². The molecular formula is C16H31NO3. The van der Waals surface area contributed by atoms with Crippen molar-refractivity contribution in [3.63, 3.8) is 0 Å². The molecule has 1 amide bonds. The van der Waals surface area contributed by atoms with E-state index in [-0.39, 0.29) is 6.09 Å². The molecule has 1 unspecified atom stereocenters. The van der Waals surface area contributed by atoms with E-state index in [4.69, 9.17) is 4.74 Å². The minimum atomic E-state index is -0.584. The average Bonchev–Trinajstić information content (AvgIpc) is 2.25. The molecule has 1 fully saturated rings. The summed E-state index contributed by atoms with van der Waals surface area (Å²) in [5, 5.41) is 9.73. The third-order valence-electron chi connectivity index (χ3n) is 3.57. The summed E-state index contributed by atoms with van der Waals surface area (Å²) in [5.74, 6) is 0.540. The minimum absolute atomic E-state index is 0.190. The molecule has 1 aliphatic heterocycles. The summed E-state index contributed by atoms with van der Waals surface area (Å²) in [7, 11) is 0. The van der Waals surface area contributed by atoms with Crippen molar-refractivity contribution in [3.05, 3.63) is 0 Å². The predicted molar refractivity (Wildman–Crippen MR) is 80.7 cm³/mol. The number of carbonyl (C=O) groups is 1. The Morgan fingerprint density at radius 2 is 1.95 bits per heavy atom. The fourth-order valence-electron chi connectivity index (χ4n) is 2.62. The van der Waals surface area contributed by atoms with Gasteiger partial charge in [-0.1, -0.05) is 6.42 Å². The molecule has 118 valence electrons. The molecule has 1 atom stereocenters. The fourth-order valence-corrected chi connectivity index (χ4v) is 2.62. The van der Waals surface area contributed by atoms with Crippen molar-refractivity contribution in [2.45, 2.75) is 77.9 Å².